The molecule has 8 nitrogen and oxygen atoms in total. The van der Waals surface area contributed by atoms with Crippen molar-refractivity contribution >= 4 is 29.3 Å². The molecule has 0 N–H and O–H groups in total. The largest absolute Gasteiger partial charge is 0.457 e. The zero-order chi connectivity index (χ0) is 34.4. The summed E-state index contributed by atoms with van der Waals surface area (Å²) in [6.07, 6.45) is 3.21. The first-order chi connectivity index (χ1) is 22.9. The SMILES string of the molecule is CCCC(C)(CC)N1C(=O)c2ccc(Oc3ccc4c(c3)C(=O)N(c3cccc(Oc5ccc(C(C)(C)CC)cc5)c3)C4=O)cc2C1=O. The van der Waals surface area contributed by atoms with Crippen LogP contribution < -0.4 is 14.4 Å². The molecule has 0 aliphatic carbocycles. The van der Waals surface area contributed by atoms with Gasteiger partial charge in [0.2, 0.25) is 0 Å². The molecular weight excluding hydrogens is 604 g/mol. The minimum Gasteiger partial charge on any atom is -0.457 e. The Hall–Kier alpha value is -5.24. The summed E-state index contributed by atoms with van der Waals surface area (Å²) in [7, 11) is 0. The Bertz CT molecular complexity index is 1950. The second-order valence-corrected chi connectivity index (χ2v) is 13.4. The third-order valence-electron chi connectivity index (χ3n) is 9.87. The molecule has 0 spiro atoms. The molecule has 0 saturated heterocycles. The molecule has 1 unspecified atom stereocenters. The lowest BCUT2D eigenvalue weighted by molar-refractivity contribution is 0.0424. The van der Waals surface area contributed by atoms with E-state index in [1.54, 1.807) is 54.6 Å². The van der Waals surface area contributed by atoms with Gasteiger partial charge < -0.3 is 9.47 Å². The number of ether oxygens (including phenoxy) is 2. The number of hydrogen-bond donors (Lipinski definition) is 0. The fourth-order valence-corrected chi connectivity index (χ4v) is 6.41. The van der Waals surface area contributed by atoms with Gasteiger partial charge in [0, 0.05) is 11.6 Å². The number of imide groups is 2. The molecule has 4 aromatic carbocycles. The van der Waals surface area contributed by atoms with Gasteiger partial charge in [-0.1, -0.05) is 59.2 Å². The molecule has 1 atom stereocenters. The van der Waals surface area contributed by atoms with Gasteiger partial charge in [0.05, 0.1) is 27.9 Å². The molecule has 48 heavy (non-hydrogen) atoms. The molecule has 0 fully saturated rings. The van der Waals surface area contributed by atoms with E-state index in [2.05, 4.69) is 32.9 Å². The molecule has 0 radical (unpaired) electrons. The number of benzene rings is 4. The van der Waals surface area contributed by atoms with E-state index >= 15 is 0 Å². The van der Waals surface area contributed by atoms with Crippen molar-refractivity contribution in [2.24, 2.45) is 0 Å². The Morgan fingerprint density at radius 3 is 1.69 bits per heavy atom. The van der Waals surface area contributed by atoms with Crippen molar-refractivity contribution in [1.29, 1.82) is 0 Å². The van der Waals surface area contributed by atoms with Gasteiger partial charge in [0.25, 0.3) is 23.6 Å². The van der Waals surface area contributed by atoms with E-state index < -0.39 is 17.4 Å². The quantitative estimate of drug-likeness (QED) is 0.151. The summed E-state index contributed by atoms with van der Waals surface area (Å²) in [5.74, 6) is 0.236. The highest BCUT2D eigenvalue weighted by molar-refractivity contribution is 6.34. The van der Waals surface area contributed by atoms with Crippen molar-refractivity contribution in [3.8, 4) is 23.0 Å². The van der Waals surface area contributed by atoms with Gasteiger partial charge >= 0.3 is 0 Å². The summed E-state index contributed by atoms with van der Waals surface area (Å²) in [6.45, 7) is 12.5. The first-order valence-corrected chi connectivity index (χ1v) is 16.5. The van der Waals surface area contributed by atoms with Gasteiger partial charge in [-0.3, -0.25) is 24.1 Å². The molecule has 4 aromatic rings. The highest BCUT2D eigenvalue weighted by Crippen LogP contribution is 2.38. The van der Waals surface area contributed by atoms with Crippen molar-refractivity contribution in [2.45, 2.75) is 78.2 Å². The van der Waals surface area contributed by atoms with Crippen LogP contribution in [0.1, 0.15) is 114 Å². The number of carbonyl (C=O) groups is 4. The zero-order valence-electron chi connectivity index (χ0n) is 28.3. The molecule has 4 amide bonds. The second kappa shape index (κ2) is 12.4. The lowest BCUT2D eigenvalue weighted by Gasteiger charge is -2.36. The van der Waals surface area contributed by atoms with Crippen LogP contribution >= 0.6 is 0 Å². The standard InChI is InChI=1S/C40H40N2O6/c1-7-21-40(6,9-3)42-37(45)32-20-18-30(24-34(32)38(42)46)48-29-17-19-31-33(23-29)36(44)41(35(31)43)26-11-10-12-28(22-26)47-27-15-13-25(14-16-27)39(4,5)8-2/h10-20,22-24H,7-9,21H2,1-6H3. The first-order valence-electron chi connectivity index (χ1n) is 16.5. The number of anilines is 1. The third-order valence-corrected chi connectivity index (χ3v) is 9.87. The van der Waals surface area contributed by atoms with Gasteiger partial charge in [-0.05, 0) is 97.8 Å². The smallest absolute Gasteiger partial charge is 0.266 e. The minimum atomic E-state index is -0.579. The van der Waals surface area contributed by atoms with Gasteiger partial charge in [0.15, 0.2) is 0 Å². The molecular formula is C40H40N2O6. The lowest BCUT2D eigenvalue weighted by atomic mass is 9.82. The molecule has 0 saturated carbocycles. The van der Waals surface area contributed by atoms with E-state index in [9.17, 15) is 19.2 Å². The molecule has 2 aliphatic rings. The predicted molar refractivity (Wildman–Crippen MR) is 184 cm³/mol. The Morgan fingerprint density at radius 2 is 1.08 bits per heavy atom. The summed E-state index contributed by atoms with van der Waals surface area (Å²) in [5, 5.41) is 0. The lowest BCUT2D eigenvalue weighted by Crippen LogP contribution is -2.49. The average Bonchev–Trinajstić information content (AvgIpc) is 3.48. The Kier molecular flexibility index (Phi) is 8.45. The van der Waals surface area contributed by atoms with E-state index in [0.29, 0.717) is 47.1 Å². The molecule has 0 aromatic heterocycles. The molecule has 2 aliphatic heterocycles. The van der Waals surface area contributed by atoms with Gasteiger partial charge in [-0.25, -0.2) is 4.90 Å². The molecule has 6 rings (SSSR count). The zero-order valence-corrected chi connectivity index (χ0v) is 28.3. The van der Waals surface area contributed by atoms with Crippen LogP contribution in [0, 0.1) is 0 Å². The first kappa shape index (κ1) is 32.7. The van der Waals surface area contributed by atoms with Crippen molar-refractivity contribution in [2.75, 3.05) is 4.90 Å². The third kappa shape index (κ3) is 5.65. The maximum absolute atomic E-state index is 13.6. The van der Waals surface area contributed by atoms with Crippen molar-refractivity contribution in [3.63, 3.8) is 0 Å². The Morgan fingerprint density at radius 1 is 0.562 bits per heavy atom. The van der Waals surface area contributed by atoms with Gasteiger partial charge in [-0.15, -0.1) is 0 Å². The van der Waals surface area contributed by atoms with Crippen LogP contribution in [0.25, 0.3) is 0 Å². The Labute approximate surface area is 281 Å². The number of nitrogens with zero attached hydrogens (tertiary/aromatic N) is 2. The molecule has 2 heterocycles. The molecule has 8 heteroatoms. The highest BCUT2D eigenvalue weighted by Gasteiger charge is 2.45. The topological polar surface area (TPSA) is 93.2 Å². The summed E-state index contributed by atoms with van der Waals surface area (Å²) in [5.41, 5.74) is 2.18. The number of rotatable bonds is 11. The fraction of sp³-hybridized carbons (Fsp3) is 0.300. The molecule has 246 valence electrons. The van der Waals surface area contributed by atoms with E-state index in [1.807, 2.05) is 32.9 Å². The molecule has 0 bridgehead atoms. The maximum atomic E-state index is 13.6. The number of amides is 4. The monoisotopic (exact) mass is 644 g/mol. The van der Waals surface area contributed by atoms with E-state index in [-0.39, 0.29) is 33.9 Å². The summed E-state index contributed by atoms with van der Waals surface area (Å²) < 4.78 is 12.2. The van der Waals surface area contributed by atoms with Crippen LogP contribution in [-0.4, -0.2) is 34.1 Å². The van der Waals surface area contributed by atoms with E-state index in [0.717, 1.165) is 17.7 Å². The van der Waals surface area contributed by atoms with Crippen molar-refractivity contribution in [3.05, 3.63) is 113 Å². The summed E-state index contributed by atoms with van der Waals surface area (Å²) >= 11 is 0. The van der Waals surface area contributed by atoms with Crippen LogP contribution in [0.2, 0.25) is 0 Å². The number of fused-ring (bicyclic) bond motifs is 2. The van der Waals surface area contributed by atoms with Crippen LogP contribution in [-0.2, 0) is 5.41 Å². The Balaban J connectivity index is 1.20. The van der Waals surface area contributed by atoms with Crippen LogP contribution in [0.15, 0.2) is 84.9 Å². The summed E-state index contributed by atoms with van der Waals surface area (Å²) in [4.78, 5) is 56.2. The summed E-state index contributed by atoms with van der Waals surface area (Å²) in [6, 6.07) is 24.3. The maximum Gasteiger partial charge on any atom is 0.266 e. The number of carbonyl (C=O) groups excluding carboxylic acids is 4. The van der Waals surface area contributed by atoms with Crippen LogP contribution in [0.3, 0.4) is 0 Å². The van der Waals surface area contributed by atoms with Crippen LogP contribution in [0.5, 0.6) is 23.0 Å². The van der Waals surface area contributed by atoms with E-state index in [1.165, 1.54) is 16.5 Å². The second-order valence-electron chi connectivity index (χ2n) is 13.4. The number of hydrogen-bond acceptors (Lipinski definition) is 6. The van der Waals surface area contributed by atoms with E-state index in [4.69, 9.17) is 9.47 Å². The van der Waals surface area contributed by atoms with Gasteiger partial charge in [-0.2, -0.15) is 0 Å². The van der Waals surface area contributed by atoms with Crippen molar-refractivity contribution < 1.29 is 28.7 Å². The minimum absolute atomic E-state index is 0.0579. The average molecular weight is 645 g/mol. The highest BCUT2D eigenvalue weighted by atomic mass is 16.5. The van der Waals surface area contributed by atoms with Crippen molar-refractivity contribution in [1.82, 2.24) is 4.90 Å². The normalized spacial score (nSPS) is 15.5. The predicted octanol–water partition coefficient (Wildman–Crippen LogP) is 9.32. The fourth-order valence-electron chi connectivity index (χ4n) is 6.41. The van der Waals surface area contributed by atoms with Gasteiger partial charge in [0.1, 0.15) is 23.0 Å². The van der Waals surface area contributed by atoms with Crippen LogP contribution in [0.4, 0.5) is 5.69 Å².